The Kier molecular flexibility index (Phi) is 4.33. The van der Waals surface area contributed by atoms with Crippen molar-refractivity contribution in [1.29, 1.82) is 5.26 Å². The predicted octanol–water partition coefficient (Wildman–Crippen LogP) is 2.42. The summed E-state index contributed by atoms with van der Waals surface area (Å²) < 4.78 is 0. The summed E-state index contributed by atoms with van der Waals surface area (Å²) in [4.78, 5) is 19.2. The third-order valence-electron chi connectivity index (χ3n) is 6.10. The van der Waals surface area contributed by atoms with E-state index in [1.165, 1.54) is 22.0 Å². The van der Waals surface area contributed by atoms with Crippen LogP contribution in [0.3, 0.4) is 0 Å². The number of amides is 2. The highest BCUT2D eigenvalue weighted by Crippen LogP contribution is 2.44. The van der Waals surface area contributed by atoms with Gasteiger partial charge in [0, 0.05) is 48.7 Å². The van der Waals surface area contributed by atoms with Gasteiger partial charge >= 0.3 is 6.03 Å². The number of carbonyl (C=O) groups excluding carboxylic acids is 1. The fourth-order valence-corrected chi connectivity index (χ4v) is 4.97. The molecule has 1 aliphatic heterocycles. The van der Waals surface area contributed by atoms with E-state index < -0.39 is 6.03 Å². The minimum absolute atomic E-state index is 0.323. The summed E-state index contributed by atoms with van der Waals surface area (Å²) >= 11 is 0. The third kappa shape index (κ3) is 2.82. The Morgan fingerprint density at radius 3 is 3.12 bits per heavy atom. The smallest absolute Gasteiger partial charge is 0.314 e. The van der Waals surface area contributed by atoms with E-state index in [-0.39, 0.29) is 0 Å². The molecular weight excluding hydrogens is 326 g/mol. The standard InChI is InChI=1S/C20H25N5O/c1-24-11-13(12-25(20(22)26)7-3-6-21)8-16-15-4-2-5-17-19(15)14(10-23-17)9-18(16)24/h2,4-5,10,13,16,18,23H,3,7-9,11-12H2,1H3,(H2,22,26)/t13?,16-,18-/m1/s1. The Balaban J connectivity index is 1.59. The second-order valence-corrected chi connectivity index (χ2v) is 7.70. The first-order valence-corrected chi connectivity index (χ1v) is 9.29. The Morgan fingerprint density at radius 2 is 2.35 bits per heavy atom. The lowest BCUT2D eigenvalue weighted by Crippen LogP contribution is -2.51. The molecule has 1 saturated heterocycles. The predicted molar refractivity (Wildman–Crippen MR) is 101 cm³/mol. The number of H-pyrrole nitrogens is 1. The van der Waals surface area contributed by atoms with Crippen molar-refractivity contribution in [2.75, 3.05) is 26.7 Å². The lowest BCUT2D eigenvalue weighted by molar-refractivity contribution is 0.0941. The number of nitriles is 1. The van der Waals surface area contributed by atoms with E-state index in [1.54, 1.807) is 4.90 Å². The first-order chi connectivity index (χ1) is 12.6. The molecule has 0 saturated carbocycles. The van der Waals surface area contributed by atoms with E-state index >= 15 is 0 Å². The minimum Gasteiger partial charge on any atom is -0.361 e. The van der Waals surface area contributed by atoms with Crippen LogP contribution in [-0.4, -0.2) is 53.5 Å². The summed E-state index contributed by atoms with van der Waals surface area (Å²) in [5.74, 6) is 0.833. The number of hydrogen-bond donors (Lipinski definition) is 2. The minimum atomic E-state index is -0.427. The van der Waals surface area contributed by atoms with Crippen molar-refractivity contribution in [1.82, 2.24) is 14.8 Å². The van der Waals surface area contributed by atoms with Crippen molar-refractivity contribution in [3.8, 4) is 6.07 Å². The number of rotatable bonds is 4. The third-order valence-corrected chi connectivity index (χ3v) is 6.10. The molecule has 1 aliphatic carbocycles. The number of primary amides is 1. The first-order valence-electron chi connectivity index (χ1n) is 9.29. The zero-order valence-corrected chi connectivity index (χ0v) is 15.1. The van der Waals surface area contributed by atoms with Crippen LogP contribution in [-0.2, 0) is 6.42 Å². The van der Waals surface area contributed by atoms with Gasteiger partial charge in [-0.1, -0.05) is 12.1 Å². The zero-order valence-electron chi connectivity index (χ0n) is 15.1. The highest BCUT2D eigenvalue weighted by molar-refractivity contribution is 5.88. The molecule has 0 radical (unpaired) electrons. The van der Waals surface area contributed by atoms with Gasteiger partial charge in [0.1, 0.15) is 0 Å². The van der Waals surface area contributed by atoms with Gasteiger partial charge in [-0.05, 0) is 43.0 Å². The number of hydrogen-bond acceptors (Lipinski definition) is 3. The molecule has 3 atom stereocenters. The number of benzene rings is 1. The lowest BCUT2D eigenvalue weighted by Gasteiger charge is -2.46. The van der Waals surface area contributed by atoms with E-state index in [1.807, 2.05) is 0 Å². The molecule has 0 bridgehead atoms. The van der Waals surface area contributed by atoms with Crippen LogP contribution < -0.4 is 5.73 Å². The molecular formula is C20H25N5O. The topological polar surface area (TPSA) is 89.2 Å². The molecule has 136 valence electrons. The number of piperidine rings is 1. The van der Waals surface area contributed by atoms with Gasteiger partial charge in [0.15, 0.2) is 0 Å². The van der Waals surface area contributed by atoms with Gasteiger partial charge < -0.3 is 20.5 Å². The van der Waals surface area contributed by atoms with Crippen molar-refractivity contribution in [2.24, 2.45) is 11.7 Å². The maximum atomic E-state index is 11.7. The average molecular weight is 351 g/mol. The van der Waals surface area contributed by atoms with E-state index in [0.29, 0.717) is 37.4 Å². The molecule has 2 heterocycles. The quantitative estimate of drug-likeness (QED) is 0.886. The maximum absolute atomic E-state index is 11.7. The summed E-state index contributed by atoms with van der Waals surface area (Å²) in [6.07, 6.45) is 4.60. The van der Waals surface area contributed by atoms with Gasteiger partial charge in [-0.2, -0.15) is 5.26 Å². The molecule has 1 aromatic heterocycles. The van der Waals surface area contributed by atoms with Crippen LogP contribution >= 0.6 is 0 Å². The second kappa shape index (κ2) is 6.65. The van der Waals surface area contributed by atoms with Gasteiger partial charge in [-0.15, -0.1) is 0 Å². The fourth-order valence-electron chi connectivity index (χ4n) is 4.97. The van der Waals surface area contributed by atoms with Crippen LogP contribution in [0.25, 0.3) is 10.9 Å². The molecule has 6 heteroatoms. The van der Waals surface area contributed by atoms with Crippen LogP contribution in [0.1, 0.15) is 29.9 Å². The molecule has 6 nitrogen and oxygen atoms in total. The van der Waals surface area contributed by atoms with Gasteiger partial charge in [-0.3, -0.25) is 0 Å². The number of nitrogens with zero attached hydrogens (tertiary/aromatic N) is 3. The van der Waals surface area contributed by atoms with E-state index in [0.717, 1.165) is 19.4 Å². The Labute approximate surface area is 153 Å². The summed E-state index contributed by atoms with van der Waals surface area (Å²) in [7, 11) is 2.19. The van der Waals surface area contributed by atoms with Crippen LogP contribution in [0.5, 0.6) is 0 Å². The van der Waals surface area contributed by atoms with Crippen molar-refractivity contribution >= 4 is 16.9 Å². The maximum Gasteiger partial charge on any atom is 0.314 e. The number of aromatic nitrogens is 1. The van der Waals surface area contributed by atoms with E-state index in [4.69, 9.17) is 11.0 Å². The molecule has 2 amide bonds. The molecule has 26 heavy (non-hydrogen) atoms. The molecule has 1 fully saturated rings. The highest BCUT2D eigenvalue weighted by Gasteiger charge is 2.39. The number of nitrogens with two attached hydrogens (primary N) is 1. The highest BCUT2D eigenvalue weighted by atomic mass is 16.2. The van der Waals surface area contributed by atoms with Gasteiger partial charge in [-0.25, -0.2) is 4.79 Å². The van der Waals surface area contributed by atoms with Crippen LogP contribution in [0.2, 0.25) is 0 Å². The largest absolute Gasteiger partial charge is 0.361 e. The number of likely N-dealkylation sites (tertiary alicyclic amines) is 1. The number of nitrogens with one attached hydrogen (secondary N) is 1. The van der Waals surface area contributed by atoms with Crippen LogP contribution in [0, 0.1) is 17.2 Å². The van der Waals surface area contributed by atoms with Gasteiger partial charge in [0.25, 0.3) is 0 Å². The Hall–Kier alpha value is -2.52. The molecule has 4 rings (SSSR count). The Morgan fingerprint density at radius 1 is 1.50 bits per heavy atom. The number of likely N-dealkylation sites (N-methyl/N-ethyl adjacent to an activating group) is 1. The summed E-state index contributed by atoms with van der Waals surface area (Å²) in [5, 5.41) is 10.2. The number of urea groups is 1. The fraction of sp³-hybridized carbons (Fsp3) is 0.500. The van der Waals surface area contributed by atoms with Crippen LogP contribution in [0.4, 0.5) is 4.79 Å². The zero-order chi connectivity index (χ0) is 18.3. The number of aromatic amines is 1. The molecule has 1 unspecified atom stereocenters. The summed E-state index contributed by atoms with van der Waals surface area (Å²) in [5.41, 5.74) is 9.59. The van der Waals surface area contributed by atoms with Crippen molar-refractivity contribution < 1.29 is 4.79 Å². The van der Waals surface area contributed by atoms with Crippen molar-refractivity contribution in [3.05, 3.63) is 35.5 Å². The first kappa shape index (κ1) is 16.9. The molecule has 1 aromatic carbocycles. The van der Waals surface area contributed by atoms with E-state index in [9.17, 15) is 4.79 Å². The average Bonchev–Trinajstić information content (AvgIpc) is 3.04. The summed E-state index contributed by atoms with van der Waals surface area (Å²) in [6.45, 7) is 1.99. The Bertz CT molecular complexity index is 867. The number of fused-ring (bicyclic) bond motifs is 2. The second-order valence-electron chi connectivity index (χ2n) is 7.70. The SMILES string of the molecule is CN1CC(CN(CCC#N)C(N)=O)C[C@@H]2c3cccc4[nH]cc(c34)C[C@H]21. The molecule has 2 aliphatic rings. The van der Waals surface area contributed by atoms with Crippen molar-refractivity contribution in [2.45, 2.75) is 31.2 Å². The molecule has 0 spiro atoms. The lowest BCUT2D eigenvalue weighted by atomic mass is 9.72. The molecule has 2 aromatic rings. The summed E-state index contributed by atoms with van der Waals surface area (Å²) in [6, 6.07) is 8.71. The van der Waals surface area contributed by atoms with E-state index in [2.05, 4.69) is 47.4 Å². The van der Waals surface area contributed by atoms with Gasteiger partial charge in [0.2, 0.25) is 0 Å². The molecule has 3 N–H and O–H groups in total. The van der Waals surface area contributed by atoms with Gasteiger partial charge in [0.05, 0.1) is 12.5 Å². The monoisotopic (exact) mass is 351 g/mol. The number of carbonyl (C=O) groups is 1. The van der Waals surface area contributed by atoms with Crippen LogP contribution in [0.15, 0.2) is 24.4 Å². The van der Waals surface area contributed by atoms with Crippen molar-refractivity contribution in [3.63, 3.8) is 0 Å². The normalized spacial score (nSPS) is 24.8.